The molecule has 0 spiro atoms. The molecule has 0 bridgehead atoms. The molecule has 104 valence electrons. The number of carbonyl (C=O) groups is 2. The fourth-order valence-corrected chi connectivity index (χ4v) is 1.97. The summed E-state index contributed by atoms with van der Waals surface area (Å²) in [5.41, 5.74) is 6.80. The van der Waals surface area contributed by atoms with Gasteiger partial charge >= 0.3 is 0 Å². The van der Waals surface area contributed by atoms with Crippen LogP contribution in [0.1, 0.15) is 26.3 Å². The van der Waals surface area contributed by atoms with Gasteiger partial charge in [-0.25, -0.2) is 0 Å². The van der Waals surface area contributed by atoms with Gasteiger partial charge in [0.15, 0.2) is 0 Å². The van der Waals surface area contributed by atoms with Crippen molar-refractivity contribution in [2.75, 3.05) is 7.05 Å². The number of carbonyl (C=O) groups excluding carboxylic acids is 2. The molecule has 1 aromatic carbocycles. The predicted molar refractivity (Wildman–Crippen MR) is 74.5 cm³/mol. The second kappa shape index (κ2) is 5.79. The average Bonchev–Trinajstić information content (AvgIpc) is 2.84. The molecule has 2 rings (SSSR count). The van der Waals surface area contributed by atoms with Gasteiger partial charge in [0, 0.05) is 19.2 Å². The molecule has 2 aromatic rings. The Kier molecular flexibility index (Phi) is 4.10. The monoisotopic (exact) mass is 292 g/mol. The van der Waals surface area contributed by atoms with Crippen molar-refractivity contribution in [3.63, 3.8) is 0 Å². The van der Waals surface area contributed by atoms with Gasteiger partial charge in [0.25, 0.3) is 5.91 Å². The molecule has 1 aromatic heterocycles. The van der Waals surface area contributed by atoms with E-state index in [1.54, 1.807) is 31.3 Å². The number of amides is 2. The molecule has 2 N–H and O–H groups in total. The molecule has 6 heteroatoms. The van der Waals surface area contributed by atoms with Gasteiger partial charge in [-0.3, -0.25) is 9.59 Å². The summed E-state index contributed by atoms with van der Waals surface area (Å²) in [6.07, 6.45) is 1.37. The third kappa shape index (κ3) is 3.00. The van der Waals surface area contributed by atoms with E-state index in [1.807, 2.05) is 0 Å². The van der Waals surface area contributed by atoms with Crippen LogP contribution in [0, 0.1) is 0 Å². The Hall–Kier alpha value is -2.27. The van der Waals surface area contributed by atoms with E-state index >= 15 is 0 Å². The van der Waals surface area contributed by atoms with Gasteiger partial charge in [-0.1, -0.05) is 12.1 Å². The van der Waals surface area contributed by atoms with Crippen LogP contribution in [0.5, 0.6) is 0 Å². The van der Waals surface area contributed by atoms with Crippen molar-refractivity contribution >= 4 is 23.4 Å². The molecule has 0 atom stereocenters. The lowest BCUT2D eigenvalue weighted by Gasteiger charge is -2.16. The van der Waals surface area contributed by atoms with Gasteiger partial charge in [-0.15, -0.1) is 0 Å². The lowest BCUT2D eigenvalue weighted by atomic mass is 10.1. The normalized spacial score (nSPS) is 10.3. The number of rotatable bonds is 4. The lowest BCUT2D eigenvalue weighted by molar-refractivity contribution is 0.0784. The van der Waals surface area contributed by atoms with Gasteiger partial charge in [0.2, 0.25) is 11.1 Å². The highest BCUT2D eigenvalue weighted by molar-refractivity contribution is 6.32. The van der Waals surface area contributed by atoms with Crippen LogP contribution >= 0.6 is 11.6 Å². The number of halogens is 1. The molecule has 0 unspecified atom stereocenters. The van der Waals surface area contributed by atoms with Crippen molar-refractivity contribution < 1.29 is 14.0 Å². The molecule has 0 saturated heterocycles. The third-order valence-electron chi connectivity index (χ3n) is 2.85. The van der Waals surface area contributed by atoms with Crippen LogP contribution in [0.15, 0.2) is 41.0 Å². The predicted octanol–water partition coefficient (Wildman–Crippen LogP) is 2.30. The zero-order valence-electron chi connectivity index (χ0n) is 10.8. The number of primary amides is 1. The number of furan rings is 1. The van der Waals surface area contributed by atoms with E-state index < -0.39 is 5.91 Å². The van der Waals surface area contributed by atoms with Gasteiger partial charge in [0.05, 0.1) is 11.8 Å². The van der Waals surface area contributed by atoms with Crippen LogP contribution in [0.25, 0.3) is 0 Å². The van der Waals surface area contributed by atoms with Crippen molar-refractivity contribution in [3.05, 3.63) is 58.5 Å². The average molecular weight is 293 g/mol. The number of benzene rings is 1. The first-order valence-electron chi connectivity index (χ1n) is 5.86. The summed E-state index contributed by atoms with van der Waals surface area (Å²) in [5.74, 6) is -0.714. The quantitative estimate of drug-likeness (QED) is 0.939. The smallest absolute Gasteiger partial charge is 0.258 e. The zero-order valence-corrected chi connectivity index (χ0v) is 11.6. The van der Waals surface area contributed by atoms with Gasteiger partial charge in [-0.2, -0.15) is 0 Å². The molecule has 20 heavy (non-hydrogen) atoms. The second-order valence-corrected chi connectivity index (χ2v) is 4.67. The van der Waals surface area contributed by atoms with Crippen molar-refractivity contribution in [2.24, 2.45) is 5.73 Å². The van der Waals surface area contributed by atoms with Crippen molar-refractivity contribution in [3.8, 4) is 0 Å². The highest BCUT2D eigenvalue weighted by Gasteiger charge is 2.17. The first kappa shape index (κ1) is 14.1. The molecular weight excluding hydrogens is 280 g/mol. The Morgan fingerprint density at radius 2 is 1.90 bits per heavy atom. The molecule has 0 aliphatic carbocycles. The third-order valence-corrected chi connectivity index (χ3v) is 3.15. The maximum Gasteiger partial charge on any atom is 0.258 e. The summed E-state index contributed by atoms with van der Waals surface area (Å²) >= 11 is 5.77. The van der Waals surface area contributed by atoms with Crippen molar-refractivity contribution in [1.29, 1.82) is 0 Å². The summed E-state index contributed by atoms with van der Waals surface area (Å²) in [6, 6.07) is 8.28. The summed E-state index contributed by atoms with van der Waals surface area (Å²) in [5, 5.41) is 0.0749. The summed E-state index contributed by atoms with van der Waals surface area (Å²) in [6.45, 7) is 0.388. The summed E-state index contributed by atoms with van der Waals surface area (Å²) in [4.78, 5) is 24.6. The van der Waals surface area contributed by atoms with Gasteiger partial charge in [0.1, 0.15) is 0 Å². The van der Waals surface area contributed by atoms with E-state index in [0.29, 0.717) is 17.7 Å². The van der Waals surface area contributed by atoms with E-state index in [-0.39, 0.29) is 11.1 Å². The minimum Gasteiger partial charge on any atom is -0.452 e. The molecule has 1 heterocycles. The molecule has 0 aliphatic heterocycles. The van der Waals surface area contributed by atoms with E-state index in [9.17, 15) is 9.59 Å². The molecule has 0 fully saturated rings. The van der Waals surface area contributed by atoms with Gasteiger partial charge < -0.3 is 15.1 Å². The van der Waals surface area contributed by atoms with E-state index in [0.717, 1.165) is 5.56 Å². The van der Waals surface area contributed by atoms with Crippen LogP contribution in [-0.2, 0) is 6.54 Å². The largest absolute Gasteiger partial charge is 0.452 e. The second-order valence-electron chi connectivity index (χ2n) is 4.33. The Morgan fingerprint density at radius 3 is 2.40 bits per heavy atom. The Labute approximate surface area is 120 Å². The van der Waals surface area contributed by atoms with Crippen LogP contribution in [0.4, 0.5) is 0 Å². The van der Waals surface area contributed by atoms with E-state index in [4.69, 9.17) is 21.8 Å². The standard InChI is InChI=1S/C14H13ClN2O3/c1-17(14(19)11-6-7-20-12(11)15)8-9-2-4-10(5-3-9)13(16)18/h2-7H,8H2,1H3,(H2,16,18). The van der Waals surface area contributed by atoms with Gasteiger partial charge in [-0.05, 0) is 35.4 Å². The number of nitrogens with zero attached hydrogens (tertiary/aromatic N) is 1. The highest BCUT2D eigenvalue weighted by atomic mass is 35.5. The maximum absolute atomic E-state index is 12.1. The van der Waals surface area contributed by atoms with Crippen molar-refractivity contribution in [1.82, 2.24) is 4.90 Å². The van der Waals surface area contributed by atoms with Crippen LogP contribution < -0.4 is 5.73 Å². The minimum absolute atomic E-state index is 0.0749. The van der Waals surface area contributed by atoms with E-state index in [2.05, 4.69) is 0 Å². The topological polar surface area (TPSA) is 76.5 Å². The Morgan fingerprint density at radius 1 is 1.25 bits per heavy atom. The SMILES string of the molecule is CN(Cc1ccc(C(N)=O)cc1)C(=O)c1ccoc1Cl. The lowest BCUT2D eigenvalue weighted by Crippen LogP contribution is -2.26. The Balaban J connectivity index is 2.08. The minimum atomic E-state index is -0.480. The number of hydrogen-bond acceptors (Lipinski definition) is 3. The molecule has 5 nitrogen and oxygen atoms in total. The number of hydrogen-bond donors (Lipinski definition) is 1. The first-order chi connectivity index (χ1) is 9.49. The summed E-state index contributed by atoms with van der Waals surface area (Å²) in [7, 11) is 1.66. The number of nitrogens with two attached hydrogens (primary N) is 1. The van der Waals surface area contributed by atoms with Crippen LogP contribution in [0.3, 0.4) is 0 Å². The molecule has 0 aliphatic rings. The fourth-order valence-electron chi connectivity index (χ4n) is 1.77. The van der Waals surface area contributed by atoms with Crippen LogP contribution in [-0.4, -0.2) is 23.8 Å². The summed E-state index contributed by atoms with van der Waals surface area (Å²) < 4.78 is 4.89. The highest BCUT2D eigenvalue weighted by Crippen LogP contribution is 2.19. The first-order valence-corrected chi connectivity index (χ1v) is 6.24. The molecule has 0 radical (unpaired) electrons. The maximum atomic E-state index is 12.1. The van der Waals surface area contributed by atoms with E-state index in [1.165, 1.54) is 17.2 Å². The van der Waals surface area contributed by atoms with Crippen LogP contribution in [0.2, 0.25) is 5.22 Å². The molecule has 0 saturated carbocycles. The zero-order chi connectivity index (χ0) is 14.7. The fraction of sp³-hybridized carbons (Fsp3) is 0.143. The van der Waals surface area contributed by atoms with Crippen molar-refractivity contribution in [2.45, 2.75) is 6.54 Å². The molecule has 2 amide bonds. The molecular formula is C14H13ClN2O3. The Bertz CT molecular complexity index is 634.